The number of methoxy groups -OCH3 is 1. The third-order valence-corrected chi connectivity index (χ3v) is 6.17. The van der Waals surface area contributed by atoms with Crippen LogP contribution >= 0.6 is 0 Å². The molecule has 0 aliphatic rings. The maximum absolute atomic E-state index is 12.6. The van der Waals surface area contributed by atoms with Gasteiger partial charge in [0.25, 0.3) is 0 Å². The summed E-state index contributed by atoms with van der Waals surface area (Å²) in [7, 11) is 1.65. The predicted octanol–water partition coefficient (Wildman–Crippen LogP) is 6.59. The Labute approximate surface area is 201 Å². The second-order valence-corrected chi connectivity index (χ2v) is 9.35. The Bertz CT molecular complexity index is 1120. The lowest BCUT2D eigenvalue weighted by Gasteiger charge is -2.26. The van der Waals surface area contributed by atoms with Gasteiger partial charge in [-0.2, -0.15) is 0 Å². The first kappa shape index (κ1) is 25.0. The number of benzene rings is 3. The lowest BCUT2D eigenvalue weighted by atomic mass is 9.78. The lowest BCUT2D eigenvalue weighted by molar-refractivity contribution is -0.00246. The van der Waals surface area contributed by atoms with Crippen molar-refractivity contribution in [1.82, 2.24) is 0 Å². The lowest BCUT2D eigenvalue weighted by Crippen LogP contribution is -2.27. The van der Waals surface area contributed by atoms with Crippen molar-refractivity contribution in [2.75, 3.05) is 7.11 Å². The van der Waals surface area contributed by atoms with Crippen LogP contribution in [0.1, 0.15) is 72.9 Å². The number of rotatable bonds is 8. The molecular weight excluding hydrogens is 428 g/mol. The van der Waals surface area contributed by atoms with E-state index in [2.05, 4.69) is 26.0 Å². The maximum atomic E-state index is 12.6. The molecule has 0 amide bonds. The Morgan fingerprint density at radius 3 is 1.56 bits per heavy atom. The van der Waals surface area contributed by atoms with Crippen molar-refractivity contribution in [2.24, 2.45) is 0 Å². The first-order chi connectivity index (χ1) is 16.1. The fourth-order valence-corrected chi connectivity index (χ4v) is 3.40. The van der Waals surface area contributed by atoms with Crippen molar-refractivity contribution in [3.8, 4) is 11.5 Å². The topological polar surface area (TPSA) is 61.8 Å². The molecule has 3 rings (SSSR count). The number of carbonyl (C=O) groups is 2. The summed E-state index contributed by atoms with van der Waals surface area (Å²) >= 11 is 0. The van der Waals surface area contributed by atoms with Gasteiger partial charge in [0.1, 0.15) is 17.1 Å². The van der Waals surface area contributed by atoms with Crippen LogP contribution in [0.25, 0.3) is 0 Å². The van der Waals surface area contributed by atoms with Gasteiger partial charge in [-0.3, -0.25) is 0 Å². The van der Waals surface area contributed by atoms with Gasteiger partial charge < -0.3 is 14.2 Å². The molecule has 34 heavy (non-hydrogen) atoms. The molecule has 0 N–H and O–H groups in total. The highest BCUT2D eigenvalue weighted by atomic mass is 16.6. The second kappa shape index (κ2) is 10.1. The minimum Gasteiger partial charge on any atom is -0.497 e. The Kier molecular flexibility index (Phi) is 7.45. The first-order valence-electron chi connectivity index (χ1n) is 11.4. The van der Waals surface area contributed by atoms with E-state index in [1.54, 1.807) is 43.5 Å². The third kappa shape index (κ3) is 5.84. The summed E-state index contributed by atoms with van der Waals surface area (Å²) in [6, 6.07) is 21.8. The molecule has 0 atom stereocenters. The molecule has 0 spiro atoms. The van der Waals surface area contributed by atoms with E-state index < -0.39 is 17.5 Å². The Hall–Kier alpha value is -3.60. The van der Waals surface area contributed by atoms with Gasteiger partial charge in [0.2, 0.25) is 0 Å². The highest BCUT2D eigenvalue weighted by Crippen LogP contribution is 2.33. The average molecular weight is 461 g/mol. The number of carbonyl (C=O) groups excluding carboxylic acids is 2. The zero-order valence-corrected chi connectivity index (χ0v) is 20.7. The molecule has 178 valence electrons. The SMILES string of the molecule is CCC(C)(C)OC(=O)c1ccc(C(=O)Oc2ccc(C(C)(C)c3ccc(OC)cc3)cc2)cc1. The van der Waals surface area contributed by atoms with E-state index in [1.165, 1.54) is 0 Å². The van der Waals surface area contributed by atoms with Crippen LogP contribution in [0, 0.1) is 0 Å². The van der Waals surface area contributed by atoms with E-state index in [1.807, 2.05) is 45.0 Å². The minimum absolute atomic E-state index is 0.231. The molecule has 0 saturated carbocycles. The molecule has 5 heteroatoms. The van der Waals surface area contributed by atoms with E-state index in [-0.39, 0.29) is 5.41 Å². The standard InChI is InChI=1S/C29H32O5/c1-7-28(2,3)34-27(31)21-10-8-20(9-11-21)26(30)33-25-18-14-23(15-19-25)29(4,5)22-12-16-24(32-6)17-13-22/h8-19H,7H2,1-6H3. The fourth-order valence-electron chi connectivity index (χ4n) is 3.40. The van der Waals surface area contributed by atoms with Crippen molar-refractivity contribution in [2.45, 2.75) is 52.1 Å². The van der Waals surface area contributed by atoms with Crippen LogP contribution in [-0.4, -0.2) is 24.6 Å². The molecule has 0 radical (unpaired) electrons. The molecule has 0 unspecified atom stereocenters. The zero-order valence-electron chi connectivity index (χ0n) is 20.7. The Morgan fingerprint density at radius 2 is 1.12 bits per heavy atom. The summed E-state index contributed by atoms with van der Waals surface area (Å²) in [5, 5.41) is 0. The molecule has 3 aromatic rings. The molecular formula is C29H32O5. The highest BCUT2D eigenvalue weighted by Gasteiger charge is 2.24. The summed E-state index contributed by atoms with van der Waals surface area (Å²) in [5.41, 5.74) is 2.22. The van der Waals surface area contributed by atoms with Crippen LogP contribution in [0.15, 0.2) is 72.8 Å². The van der Waals surface area contributed by atoms with Gasteiger partial charge in [0.05, 0.1) is 18.2 Å². The second-order valence-electron chi connectivity index (χ2n) is 9.35. The van der Waals surface area contributed by atoms with Gasteiger partial charge in [0.15, 0.2) is 0 Å². The molecule has 3 aromatic carbocycles. The number of hydrogen-bond donors (Lipinski definition) is 0. The van der Waals surface area contributed by atoms with Gasteiger partial charge >= 0.3 is 11.9 Å². The number of esters is 2. The van der Waals surface area contributed by atoms with Crippen LogP contribution in [0.4, 0.5) is 0 Å². The molecule has 5 nitrogen and oxygen atoms in total. The van der Waals surface area contributed by atoms with Crippen LogP contribution in [-0.2, 0) is 10.2 Å². The first-order valence-corrected chi connectivity index (χ1v) is 11.4. The van der Waals surface area contributed by atoms with Crippen LogP contribution in [0.5, 0.6) is 11.5 Å². The summed E-state index contributed by atoms with van der Waals surface area (Å²) in [6.07, 6.45) is 0.708. The summed E-state index contributed by atoms with van der Waals surface area (Å²) in [5.74, 6) is 0.363. The molecule has 0 aliphatic heterocycles. The van der Waals surface area contributed by atoms with Crippen molar-refractivity contribution in [3.63, 3.8) is 0 Å². The van der Waals surface area contributed by atoms with E-state index in [0.29, 0.717) is 23.3 Å². The van der Waals surface area contributed by atoms with Gasteiger partial charge in [0, 0.05) is 5.41 Å². The van der Waals surface area contributed by atoms with Gasteiger partial charge in [-0.05, 0) is 79.9 Å². The van der Waals surface area contributed by atoms with Crippen LogP contribution in [0.2, 0.25) is 0 Å². The number of ether oxygens (including phenoxy) is 3. The molecule has 0 aromatic heterocycles. The van der Waals surface area contributed by atoms with E-state index in [9.17, 15) is 9.59 Å². The molecule has 0 saturated heterocycles. The van der Waals surface area contributed by atoms with Gasteiger partial charge in [-0.1, -0.05) is 45.0 Å². The van der Waals surface area contributed by atoms with Crippen molar-refractivity contribution >= 4 is 11.9 Å². The maximum Gasteiger partial charge on any atom is 0.343 e. The fraction of sp³-hybridized carbons (Fsp3) is 0.310. The molecule has 0 heterocycles. The summed E-state index contributed by atoms with van der Waals surface area (Å²) in [6.45, 7) is 9.97. The third-order valence-electron chi connectivity index (χ3n) is 6.17. The Morgan fingerprint density at radius 1 is 0.676 bits per heavy atom. The predicted molar refractivity (Wildman–Crippen MR) is 133 cm³/mol. The largest absolute Gasteiger partial charge is 0.497 e. The number of hydrogen-bond acceptors (Lipinski definition) is 5. The normalized spacial score (nSPS) is 11.6. The van der Waals surface area contributed by atoms with Crippen molar-refractivity contribution in [3.05, 3.63) is 95.1 Å². The van der Waals surface area contributed by atoms with Gasteiger partial charge in [-0.25, -0.2) is 9.59 Å². The highest BCUT2D eigenvalue weighted by molar-refractivity contribution is 5.94. The summed E-state index contributed by atoms with van der Waals surface area (Å²) < 4.78 is 16.3. The van der Waals surface area contributed by atoms with Crippen LogP contribution < -0.4 is 9.47 Å². The van der Waals surface area contributed by atoms with E-state index >= 15 is 0 Å². The van der Waals surface area contributed by atoms with E-state index in [4.69, 9.17) is 14.2 Å². The molecule has 0 bridgehead atoms. The monoisotopic (exact) mass is 460 g/mol. The Balaban J connectivity index is 1.67. The quantitative estimate of drug-likeness (QED) is 0.280. The summed E-state index contributed by atoms with van der Waals surface area (Å²) in [4.78, 5) is 24.9. The smallest absolute Gasteiger partial charge is 0.343 e. The van der Waals surface area contributed by atoms with Crippen LogP contribution in [0.3, 0.4) is 0 Å². The van der Waals surface area contributed by atoms with E-state index in [0.717, 1.165) is 16.9 Å². The average Bonchev–Trinajstić information content (AvgIpc) is 2.84. The van der Waals surface area contributed by atoms with Gasteiger partial charge in [-0.15, -0.1) is 0 Å². The molecule has 0 fully saturated rings. The van der Waals surface area contributed by atoms with Crippen molar-refractivity contribution < 1.29 is 23.8 Å². The minimum atomic E-state index is -0.539. The van der Waals surface area contributed by atoms with Crippen molar-refractivity contribution in [1.29, 1.82) is 0 Å². The molecule has 0 aliphatic carbocycles. The zero-order chi connectivity index (χ0) is 24.9.